The number of nitrogens with zero attached hydrogens (tertiary/aromatic N) is 2. The van der Waals surface area contributed by atoms with E-state index in [1.165, 1.54) is 25.1 Å². The summed E-state index contributed by atoms with van der Waals surface area (Å²) in [7, 11) is 0. The number of nitrogens with two attached hydrogens (primary N) is 2. The van der Waals surface area contributed by atoms with Crippen molar-refractivity contribution < 1.29 is 78.8 Å². The zero-order chi connectivity index (χ0) is 50.8. The van der Waals surface area contributed by atoms with Gasteiger partial charge in [-0.25, -0.2) is 4.79 Å². The normalized spacial score (nSPS) is 29.5. The van der Waals surface area contributed by atoms with Crippen molar-refractivity contribution in [3.05, 3.63) is 23.8 Å². The first-order valence-corrected chi connectivity index (χ1v) is 22.6. The Kier molecular flexibility index (Phi) is 19.7. The zero-order valence-corrected chi connectivity index (χ0v) is 38.9. The fourth-order valence-corrected chi connectivity index (χ4v) is 8.13. The fourth-order valence-electron chi connectivity index (χ4n) is 8.13. The number of aliphatic hydroxyl groups excluding tert-OH is 6. The number of alkyl carbamates (subject to hydrolysis) is 1. The number of rotatable bonds is 12. The molecule has 0 spiro atoms. The summed E-state index contributed by atoms with van der Waals surface area (Å²) in [6, 6.07) is -6.75. The average molecular weight is 968 g/mol. The third kappa shape index (κ3) is 14.6. The molecule has 3 heterocycles. The fraction of sp³-hybridized carbons (Fsp3) is 0.698. The van der Waals surface area contributed by atoms with Crippen molar-refractivity contribution in [1.82, 2.24) is 36.4 Å². The second kappa shape index (κ2) is 24.2. The molecule has 3 aliphatic rings. The molecule has 0 unspecified atom stereocenters. The largest absolute Gasteiger partial charge is 0.504 e. The molecule has 25 nitrogen and oxygen atoms in total. The maximum Gasteiger partial charge on any atom is 0.408 e. The van der Waals surface area contributed by atoms with Gasteiger partial charge in [0.05, 0.1) is 43.2 Å². The molecule has 0 radical (unpaired) electrons. The van der Waals surface area contributed by atoms with Gasteiger partial charge in [0.25, 0.3) is 0 Å². The summed E-state index contributed by atoms with van der Waals surface area (Å²) >= 11 is 0. The Balaban J connectivity index is 1.83. The highest BCUT2D eigenvalue weighted by Crippen LogP contribution is 2.29. The van der Waals surface area contributed by atoms with Gasteiger partial charge in [0.2, 0.25) is 35.4 Å². The number of carbonyl (C=O) groups excluding carboxylic acids is 7. The first kappa shape index (κ1) is 55.2. The first-order valence-electron chi connectivity index (χ1n) is 22.6. The Bertz CT molecular complexity index is 1950. The number of nitrogens with one attached hydrogen (secondary N) is 5. The summed E-state index contributed by atoms with van der Waals surface area (Å²) in [5, 5.41) is 89.5. The Morgan fingerprint density at radius 2 is 1.49 bits per heavy atom. The van der Waals surface area contributed by atoms with Gasteiger partial charge in [-0.2, -0.15) is 0 Å². The molecule has 4 rings (SSSR count). The Morgan fingerprint density at radius 3 is 2.12 bits per heavy atom. The second-order valence-electron chi connectivity index (χ2n) is 18.5. The van der Waals surface area contributed by atoms with Crippen LogP contribution in [-0.4, -0.2) is 205 Å². The summed E-state index contributed by atoms with van der Waals surface area (Å²) in [5.74, 6) is -7.69. The van der Waals surface area contributed by atoms with Crippen LogP contribution in [0, 0.1) is 5.92 Å². The van der Waals surface area contributed by atoms with Gasteiger partial charge in [0, 0.05) is 44.8 Å². The lowest BCUT2D eigenvalue weighted by atomic mass is 9.98. The van der Waals surface area contributed by atoms with E-state index in [-0.39, 0.29) is 49.7 Å². The van der Waals surface area contributed by atoms with Crippen LogP contribution in [0.15, 0.2) is 18.2 Å². The molecular weight excluding hydrogens is 899 g/mol. The summed E-state index contributed by atoms with van der Waals surface area (Å²) in [4.78, 5) is 100. The van der Waals surface area contributed by atoms with Gasteiger partial charge >= 0.3 is 6.09 Å². The highest BCUT2D eigenvalue weighted by molar-refractivity contribution is 5.98. The maximum atomic E-state index is 14.5. The van der Waals surface area contributed by atoms with Crippen molar-refractivity contribution in [2.45, 2.75) is 145 Å². The lowest BCUT2D eigenvalue weighted by Gasteiger charge is -2.34. The van der Waals surface area contributed by atoms with E-state index >= 15 is 0 Å². The molecule has 382 valence electrons. The highest BCUT2D eigenvalue weighted by atomic mass is 16.6. The van der Waals surface area contributed by atoms with E-state index < -0.39 is 158 Å². The van der Waals surface area contributed by atoms with Crippen molar-refractivity contribution in [2.24, 2.45) is 17.4 Å². The monoisotopic (exact) mass is 967 g/mol. The van der Waals surface area contributed by atoms with Crippen molar-refractivity contribution in [3.8, 4) is 11.5 Å². The molecular formula is C43H69N9O16. The lowest BCUT2D eigenvalue weighted by Crippen LogP contribution is -2.64. The van der Waals surface area contributed by atoms with Crippen LogP contribution in [0.5, 0.6) is 11.5 Å². The van der Waals surface area contributed by atoms with E-state index in [0.717, 1.165) is 16.7 Å². The van der Waals surface area contributed by atoms with Gasteiger partial charge in [0.15, 0.2) is 11.5 Å². The quantitative estimate of drug-likeness (QED) is 0.0869. The van der Waals surface area contributed by atoms with Crippen molar-refractivity contribution in [2.75, 3.05) is 39.3 Å². The molecule has 3 saturated heterocycles. The van der Waals surface area contributed by atoms with Gasteiger partial charge in [0.1, 0.15) is 41.9 Å². The third-order valence-electron chi connectivity index (χ3n) is 11.7. The zero-order valence-electron chi connectivity index (χ0n) is 38.9. The molecule has 68 heavy (non-hydrogen) atoms. The van der Waals surface area contributed by atoms with Crippen LogP contribution >= 0.6 is 0 Å². The van der Waals surface area contributed by atoms with Crippen LogP contribution in [0.4, 0.5) is 4.79 Å². The number of ether oxygens (including phenoxy) is 2. The smallest absolute Gasteiger partial charge is 0.408 e. The van der Waals surface area contributed by atoms with E-state index in [4.69, 9.17) is 20.9 Å². The number of benzene rings is 1. The van der Waals surface area contributed by atoms with Gasteiger partial charge in [-0.05, 0) is 71.3 Å². The van der Waals surface area contributed by atoms with Crippen molar-refractivity contribution in [3.63, 3.8) is 0 Å². The predicted octanol–water partition coefficient (Wildman–Crippen LogP) is -5.49. The SMILES string of the molecule is C[C@@H](O)[C@@H]1NC(=O)[C@@H](NC(=O)OC(C)(C)C)C[C@@H](O)CNC(=O)[C@@H]2[C@@H](O)[C@@H](C)CN2C(=O)[C@H]([C@H](O)CCN)NC(=O)[C@H]([C@H](O)Cc2ccc(O)c(OCCCN)c2)NC(=O)[C@@H]2C[C@@H](O)CN2C1=O. The van der Waals surface area contributed by atoms with Crippen LogP contribution in [0.25, 0.3) is 0 Å². The Labute approximate surface area is 393 Å². The molecule has 7 amide bonds. The van der Waals surface area contributed by atoms with Crippen molar-refractivity contribution >= 4 is 41.5 Å². The summed E-state index contributed by atoms with van der Waals surface area (Å²) in [5.41, 5.74) is 10.5. The van der Waals surface area contributed by atoms with E-state index in [2.05, 4.69) is 26.6 Å². The average Bonchev–Trinajstić information content (AvgIpc) is 3.80. The standard InChI is InChI=1S/C43H69N9O16/c1-20-18-52-34(35(20)59)39(63)46-17-23(54)15-25(47-42(66)68-43(3,4)5)36(60)48-31(21(2)53)40(64)51-19-24(55)16-26(51)37(61)49-32(38(62)50-33(41(52)65)28(57)9-11-45)29(58)13-22-7-8-27(56)30(14-22)67-12-6-10-44/h7-8,14,20-21,23-26,28-29,31-35,53-59H,6,9-13,15-19,44-45H2,1-5H3,(H,46,63)(H,47,66)(H,48,60)(H,49,61)(H,50,62)/t20-,21+,23+,24+,25-,26-,28+,29+,31-,32-,33-,34-,35-/m0/s1. The number of phenolic OH excluding ortho intramolecular Hbond substituents is 1. The van der Waals surface area contributed by atoms with Crippen LogP contribution in [0.3, 0.4) is 0 Å². The molecule has 3 fully saturated rings. The molecule has 3 aliphatic heterocycles. The summed E-state index contributed by atoms with van der Waals surface area (Å²) in [6.07, 6.45) is -12.3. The minimum Gasteiger partial charge on any atom is -0.504 e. The number of fused-ring (bicyclic) bond motifs is 2. The predicted molar refractivity (Wildman–Crippen MR) is 238 cm³/mol. The molecule has 1 aromatic carbocycles. The second-order valence-corrected chi connectivity index (χ2v) is 18.5. The number of aromatic hydroxyl groups is 1. The third-order valence-corrected chi connectivity index (χ3v) is 11.7. The molecule has 0 bridgehead atoms. The van der Waals surface area contributed by atoms with E-state index in [9.17, 15) is 69.3 Å². The van der Waals surface area contributed by atoms with Crippen LogP contribution in [0.1, 0.15) is 65.9 Å². The van der Waals surface area contributed by atoms with E-state index in [1.54, 1.807) is 20.8 Å². The highest BCUT2D eigenvalue weighted by Gasteiger charge is 2.49. The lowest BCUT2D eigenvalue weighted by molar-refractivity contribution is -0.147. The van der Waals surface area contributed by atoms with E-state index in [1.807, 2.05) is 0 Å². The molecule has 0 aliphatic carbocycles. The summed E-state index contributed by atoms with van der Waals surface area (Å²) < 4.78 is 10.9. The number of hydrogen-bond acceptors (Lipinski definition) is 18. The molecule has 13 atom stereocenters. The molecule has 1 aromatic rings. The number of carbonyl (C=O) groups is 7. The molecule has 25 heteroatoms. The van der Waals surface area contributed by atoms with Crippen LogP contribution in [-0.2, 0) is 39.9 Å². The van der Waals surface area contributed by atoms with Crippen LogP contribution in [0.2, 0.25) is 0 Å². The first-order chi connectivity index (χ1) is 31.9. The minimum absolute atomic E-state index is 0.00930. The number of hydrogen-bond donors (Lipinski definition) is 14. The number of phenols is 1. The Hall–Kier alpha value is -5.41. The van der Waals surface area contributed by atoms with Crippen molar-refractivity contribution in [1.29, 1.82) is 0 Å². The number of β-amino-alcohol motifs (C(OH)–C–C–N with tert-alkyl or cyclic N) is 1. The maximum absolute atomic E-state index is 14.5. The molecule has 0 saturated carbocycles. The van der Waals surface area contributed by atoms with E-state index in [0.29, 0.717) is 6.42 Å². The topological polar surface area (TPSA) is 398 Å². The Morgan fingerprint density at radius 1 is 0.838 bits per heavy atom. The minimum atomic E-state index is -2.02. The van der Waals surface area contributed by atoms with Gasteiger partial charge < -0.3 is 93.1 Å². The van der Waals surface area contributed by atoms with Crippen LogP contribution < -0.4 is 42.8 Å². The molecule has 0 aromatic heterocycles. The van der Waals surface area contributed by atoms with Gasteiger partial charge in [-0.3, -0.25) is 28.8 Å². The van der Waals surface area contributed by atoms with Gasteiger partial charge in [-0.15, -0.1) is 0 Å². The summed E-state index contributed by atoms with van der Waals surface area (Å²) in [6.45, 7) is 6.08. The molecule has 16 N–H and O–H groups in total. The van der Waals surface area contributed by atoms with Gasteiger partial charge in [-0.1, -0.05) is 13.0 Å². The number of amides is 7. The number of aliphatic hydroxyl groups is 6.